The first-order chi connectivity index (χ1) is 10.3. The highest BCUT2D eigenvalue weighted by Crippen LogP contribution is 2.08. The third kappa shape index (κ3) is 17.7. The molecule has 1 unspecified atom stereocenters. The number of hydrogen-bond donors (Lipinski definition) is 2. The minimum absolute atomic E-state index is 0.0413. The first-order valence-electron chi connectivity index (χ1n) is 8.33. The van der Waals surface area contributed by atoms with Crippen molar-refractivity contribution in [2.45, 2.75) is 58.0 Å². The zero-order valence-electron chi connectivity index (χ0n) is 13.6. The molecule has 0 radical (unpaired) electrons. The molecule has 0 aromatic carbocycles. The lowest BCUT2D eigenvalue weighted by molar-refractivity contribution is -0.0144. The van der Waals surface area contributed by atoms with Gasteiger partial charge in [0.05, 0.1) is 52.4 Å². The van der Waals surface area contributed by atoms with Crippen molar-refractivity contribution >= 4 is 0 Å². The molecule has 0 aliphatic rings. The van der Waals surface area contributed by atoms with Crippen LogP contribution < -0.4 is 0 Å². The van der Waals surface area contributed by atoms with Gasteiger partial charge in [-0.1, -0.05) is 45.4 Å². The van der Waals surface area contributed by atoms with Gasteiger partial charge in [0.2, 0.25) is 0 Å². The second-order valence-corrected chi connectivity index (χ2v) is 5.23. The van der Waals surface area contributed by atoms with Gasteiger partial charge >= 0.3 is 0 Å². The summed E-state index contributed by atoms with van der Waals surface area (Å²) in [5.41, 5.74) is 0. The van der Waals surface area contributed by atoms with Crippen LogP contribution in [-0.2, 0) is 14.2 Å². The van der Waals surface area contributed by atoms with E-state index < -0.39 is 0 Å². The number of rotatable bonds is 17. The summed E-state index contributed by atoms with van der Waals surface area (Å²) in [7, 11) is 0. The molecule has 0 aromatic heterocycles. The zero-order chi connectivity index (χ0) is 15.6. The van der Waals surface area contributed by atoms with Crippen LogP contribution in [0, 0.1) is 0 Å². The Morgan fingerprint density at radius 2 is 1.33 bits per heavy atom. The molecule has 21 heavy (non-hydrogen) atoms. The average Bonchev–Trinajstić information content (AvgIpc) is 2.49. The fourth-order valence-electron chi connectivity index (χ4n) is 1.97. The largest absolute Gasteiger partial charge is 0.394 e. The predicted octanol–water partition coefficient (Wildman–Crippen LogP) is 2.14. The van der Waals surface area contributed by atoms with Gasteiger partial charge in [-0.15, -0.1) is 0 Å². The van der Waals surface area contributed by atoms with Crippen LogP contribution in [0.1, 0.15) is 51.9 Å². The summed E-state index contributed by atoms with van der Waals surface area (Å²) in [5.74, 6) is 0. The Kier molecular flexibility index (Phi) is 17.7. The summed E-state index contributed by atoms with van der Waals surface area (Å²) in [5, 5.41) is 18.2. The van der Waals surface area contributed by atoms with E-state index in [1.165, 1.54) is 32.1 Å². The minimum Gasteiger partial charge on any atom is -0.394 e. The van der Waals surface area contributed by atoms with E-state index in [1.807, 2.05) is 0 Å². The van der Waals surface area contributed by atoms with Crippen molar-refractivity contribution < 1.29 is 24.4 Å². The molecule has 0 aromatic rings. The second-order valence-electron chi connectivity index (χ2n) is 5.23. The van der Waals surface area contributed by atoms with Gasteiger partial charge < -0.3 is 24.4 Å². The maximum absolute atomic E-state index is 9.74. The van der Waals surface area contributed by atoms with Crippen molar-refractivity contribution in [3.05, 3.63) is 0 Å². The Hall–Kier alpha value is -0.200. The number of hydrogen-bond acceptors (Lipinski definition) is 5. The molecular weight excluding hydrogens is 272 g/mol. The highest BCUT2D eigenvalue weighted by atomic mass is 16.5. The number of aliphatic hydroxyl groups excluding tert-OH is 2. The summed E-state index contributed by atoms with van der Waals surface area (Å²) in [6.07, 6.45) is 7.91. The first-order valence-corrected chi connectivity index (χ1v) is 8.33. The Morgan fingerprint density at radius 1 is 0.762 bits per heavy atom. The fraction of sp³-hybridized carbons (Fsp3) is 1.00. The summed E-state index contributed by atoms with van der Waals surface area (Å²) < 4.78 is 15.7. The van der Waals surface area contributed by atoms with Crippen LogP contribution in [0.2, 0.25) is 0 Å². The van der Waals surface area contributed by atoms with Crippen molar-refractivity contribution in [2.75, 3.05) is 46.2 Å². The van der Waals surface area contributed by atoms with Crippen molar-refractivity contribution in [2.24, 2.45) is 0 Å². The maximum Gasteiger partial charge on any atom is 0.0773 e. The quantitative estimate of drug-likeness (QED) is 0.403. The maximum atomic E-state index is 9.74. The van der Waals surface area contributed by atoms with Crippen molar-refractivity contribution in [1.82, 2.24) is 0 Å². The van der Waals surface area contributed by atoms with Crippen molar-refractivity contribution in [1.29, 1.82) is 0 Å². The summed E-state index contributed by atoms with van der Waals surface area (Å²) in [6.45, 7) is 4.99. The molecule has 1 atom stereocenters. The second kappa shape index (κ2) is 17.9. The standard InChI is InChI=1S/C16H34O5/c1-2-3-4-5-6-7-8-16(18)15-21-14-13-20-12-11-19-10-9-17/h16-18H,2-15H2,1H3. The Morgan fingerprint density at radius 3 is 2.00 bits per heavy atom. The van der Waals surface area contributed by atoms with Crippen LogP contribution >= 0.6 is 0 Å². The van der Waals surface area contributed by atoms with E-state index >= 15 is 0 Å². The molecule has 0 aliphatic carbocycles. The van der Waals surface area contributed by atoms with Crippen LogP contribution in [0.4, 0.5) is 0 Å². The Balaban J connectivity index is 3.10. The van der Waals surface area contributed by atoms with Gasteiger partial charge in [0, 0.05) is 0 Å². The van der Waals surface area contributed by atoms with Crippen LogP contribution in [0.5, 0.6) is 0 Å². The Bertz CT molecular complexity index is 190. The van der Waals surface area contributed by atoms with Gasteiger partial charge in [-0.3, -0.25) is 0 Å². The van der Waals surface area contributed by atoms with Crippen molar-refractivity contribution in [3.63, 3.8) is 0 Å². The summed E-state index contributed by atoms with van der Waals surface area (Å²) in [6, 6.07) is 0. The molecular formula is C16H34O5. The van der Waals surface area contributed by atoms with E-state index in [4.69, 9.17) is 19.3 Å². The molecule has 0 spiro atoms. The first kappa shape index (κ1) is 20.8. The van der Waals surface area contributed by atoms with Crippen molar-refractivity contribution in [3.8, 4) is 0 Å². The molecule has 0 fully saturated rings. The molecule has 5 nitrogen and oxygen atoms in total. The number of aliphatic hydroxyl groups is 2. The lowest BCUT2D eigenvalue weighted by atomic mass is 10.1. The number of unbranched alkanes of at least 4 members (excludes halogenated alkanes) is 5. The van der Waals surface area contributed by atoms with Crippen LogP contribution in [0.15, 0.2) is 0 Å². The molecule has 0 saturated heterocycles. The molecule has 0 rings (SSSR count). The molecule has 0 bridgehead atoms. The molecule has 5 heteroatoms. The molecule has 0 saturated carbocycles. The zero-order valence-corrected chi connectivity index (χ0v) is 13.6. The Labute approximate surface area is 129 Å². The number of ether oxygens (including phenoxy) is 3. The molecule has 128 valence electrons. The highest BCUT2D eigenvalue weighted by molar-refractivity contribution is 4.55. The van der Waals surface area contributed by atoms with Crippen LogP contribution in [0.25, 0.3) is 0 Å². The lowest BCUT2D eigenvalue weighted by Crippen LogP contribution is -2.18. The fourth-order valence-corrected chi connectivity index (χ4v) is 1.97. The van der Waals surface area contributed by atoms with Gasteiger partial charge in [0.25, 0.3) is 0 Å². The average molecular weight is 306 g/mol. The topological polar surface area (TPSA) is 68.2 Å². The normalized spacial score (nSPS) is 12.7. The summed E-state index contributed by atoms with van der Waals surface area (Å²) in [4.78, 5) is 0. The lowest BCUT2D eigenvalue weighted by Gasteiger charge is -2.11. The van der Waals surface area contributed by atoms with E-state index in [0.717, 1.165) is 12.8 Å². The smallest absolute Gasteiger partial charge is 0.0773 e. The van der Waals surface area contributed by atoms with Crippen LogP contribution in [0.3, 0.4) is 0 Å². The summed E-state index contributed by atoms with van der Waals surface area (Å²) >= 11 is 0. The SMILES string of the molecule is CCCCCCCCC(O)COCCOCCOCCO. The molecule has 0 amide bonds. The minimum atomic E-state index is -0.357. The van der Waals surface area contributed by atoms with E-state index in [-0.39, 0.29) is 12.7 Å². The van der Waals surface area contributed by atoms with E-state index in [2.05, 4.69) is 6.92 Å². The van der Waals surface area contributed by atoms with E-state index in [1.54, 1.807) is 0 Å². The molecule has 2 N–H and O–H groups in total. The van der Waals surface area contributed by atoms with Gasteiger partial charge in [-0.2, -0.15) is 0 Å². The molecule has 0 heterocycles. The third-order valence-corrected chi connectivity index (χ3v) is 3.18. The van der Waals surface area contributed by atoms with Crippen LogP contribution in [-0.4, -0.2) is 62.6 Å². The van der Waals surface area contributed by atoms with E-state index in [9.17, 15) is 5.11 Å². The van der Waals surface area contributed by atoms with Gasteiger partial charge in [0.1, 0.15) is 0 Å². The van der Waals surface area contributed by atoms with Gasteiger partial charge in [-0.25, -0.2) is 0 Å². The predicted molar refractivity (Wildman–Crippen MR) is 83.5 cm³/mol. The highest BCUT2D eigenvalue weighted by Gasteiger charge is 2.03. The van der Waals surface area contributed by atoms with E-state index in [0.29, 0.717) is 39.6 Å². The monoisotopic (exact) mass is 306 g/mol. The van der Waals surface area contributed by atoms with Gasteiger partial charge in [-0.05, 0) is 6.42 Å². The third-order valence-electron chi connectivity index (χ3n) is 3.18. The van der Waals surface area contributed by atoms with Gasteiger partial charge in [0.15, 0.2) is 0 Å². The molecule has 0 aliphatic heterocycles.